The van der Waals surface area contributed by atoms with Gasteiger partial charge < -0.3 is 9.47 Å². The zero-order valence-corrected chi connectivity index (χ0v) is 30.7. The molecule has 56 heavy (non-hydrogen) atoms. The van der Waals surface area contributed by atoms with Crippen LogP contribution in [-0.4, -0.2) is 4.57 Å². The van der Waals surface area contributed by atoms with Crippen LogP contribution in [0, 0.1) is 0 Å². The number of benzene rings is 10. The molecule has 2 nitrogen and oxygen atoms in total. The van der Waals surface area contributed by atoms with Crippen LogP contribution in [-0.2, 0) is 0 Å². The molecule has 10 aromatic carbocycles. The minimum absolute atomic E-state index is 1.10. The molecule has 11 rings (SSSR count). The van der Waals surface area contributed by atoms with Crippen molar-refractivity contribution in [2.24, 2.45) is 0 Å². The average Bonchev–Trinajstić information content (AvgIpc) is 3.61. The van der Waals surface area contributed by atoms with E-state index in [9.17, 15) is 0 Å². The number of hydrogen-bond acceptors (Lipinski definition) is 1. The molecule has 0 atom stereocenters. The number of hydrogen-bond donors (Lipinski definition) is 0. The number of anilines is 3. The Morgan fingerprint density at radius 2 is 0.857 bits per heavy atom. The highest BCUT2D eigenvalue weighted by atomic mass is 15.1. The largest absolute Gasteiger partial charge is 0.310 e. The Hall–Kier alpha value is -7.42. The Kier molecular flexibility index (Phi) is 7.53. The summed E-state index contributed by atoms with van der Waals surface area (Å²) in [4.78, 5) is 2.36. The van der Waals surface area contributed by atoms with E-state index >= 15 is 0 Å². The highest BCUT2D eigenvalue weighted by Gasteiger charge is 2.19. The minimum atomic E-state index is 1.10. The van der Waals surface area contributed by atoms with Crippen molar-refractivity contribution in [2.45, 2.75) is 0 Å². The minimum Gasteiger partial charge on any atom is -0.310 e. The fraction of sp³-hybridized carbons (Fsp3) is 0. The Labute approximate surface area is 325 Å². The summed E-state index contributed by atoms with van der Waals surface area (Å²) in [6, 6.07) is 79.5. The van der Waals surface area contributed by atoms with Crippen LogP contribution in [0.5, 0.6) is 0 Å². The summed E-state index contributed by atoms with van der Waals surface area (Å²) in [5, 5.41) is 10.0. The van der Waals surface area contributed by atoms with Crippen molar-refractivity contribution >= 4 is 71.2 Å². The third-order valence-corrected chi connectivity index (χ3v) is 11.3. The summed E-state index contributed by atoms with van der Waals surface area (Å²) in [5.74, 6) is 0. The fourth-order valence-electron chi connectivity index (χ4n) is 8.66. The molecule has 0 N–H and O–H groups in total. The molecule has 0 aliphatic carbocycles. The predicted molar refractivity (Wildman–Crippen MR) is 239 cm³/mol. The highest BCUT2D eigenvalue weighted by molar-refractivity contribution is 6.25. The Morgan fingerprint density at radius 3 is 1.62 bits per heavy atom. The van der Waals surface area contributed by atoms with Gasteiger partial charge in [0, 0.05) is 33.5 Å². The maximum atomic E-state index is 2.43. The van der Waals surface area contributed by atoms with E-state index in [0.29, 0.717) is 0 Å². The van der Waals surface area contributed by atoms with E-state index < -0.39 is 0 Å². The summed E-state index contributed by atoms with van der Waals surface area (Å²) >= 11 is 0. The second kappa shape index (κ2) is 13.2. The number of nitrogens with zero attached hydrogens (tertiary/aromatic N) is 2. The molecule has 1 heterocycles. The summed E-state index contributed by atoms with van der Waals surface area (Å²) in [7, 11) is 0. The number of fused-ring (bicyclic) bond motifs is 7. The third kappa shape index (κ3) is 5.34. The summed E-state index contributed by atoms with van der Waals surface area (Å²) < 4.78 is 2.43. The van der Waals surface area contributed by atoms with Gasteiger partial charge in [-0.1, -0.05) is 152 Å². The molecule has 11 aromatic rings. The van der Waals surface area contributed by atoms with Gasteiger partial charge in [-0.3, -0.25) is 0 Å². The van der Waals surface area contributed by atoms with E-state index in [4.69, 9.17) is 0 Å². The van der Waals surface area contributed by atoms with E-state index in [-0.39, 0.29) is 0 Å². The van der Waals surface area contributed by atoms with Crippen molar-refractivity contribution in [1.29, 1.82) is 0 Å². The van der Waals surface area contributed by atoms with Gasteiger partial charge in [-0.25, -0.2) is 0 Å². The molecule has 0 fully saturated rings. The average molecular weight is 713 g/mol. The predicted octanol–water partition coefficient (Wildman–Crippen LogP) is 15.0. The van der Waals surface area contributed by atoms with Gasteiger partial charge in [0.15, 0.2) is 0 Å². The molecule has 0 amide bonds. The Morgan fingerprint density at radius 1 is 0.304 bits per heavy atom. The molecule has 262 valence electrons. The zero-order valence-electron chi connectivity index (χ0n) is 30.7. The van der Waals surface area contributed by atoms with Crippen molar-refractivity contribution < 1.29 is 0 Å². The molecule has 0 unspecified atom stereocenters. The maximum Gasteiger partial charge on any atom is 0.0547 e. The lowest BCUT2D eigenvalue weighted by atomic mass is 9.93. The first-order valence-corrected chi connectivity index (χ1v) is 19.3. The molecule has 0 aliphatic heterocycles. The van der Waals surface area contributed by atoms with Crippen molar-refractivity contribution in [2.75, 3.05) is 4.90 Å². The van der Waals surface area contributed by atoms with Gasteiger partial charge in [0.25, 0.3) is 0 Å². The van der Waals surface area contributed by atoms with Gasteiger partial charge >= 0.3 is 0 Å². The van der Waals surface area contributed by atoms with Crippen LogP contribution in [0.15, 0.2) is 218 Å². The first kappa shape index (κ1) is 32.0. The van der Waals surface area contributed by atoms with Gasteiger partial charge in [0.1, 0.15) is 0 Å². The van der Waals surface area contributed by atoms with Crippen LogP contribution in [0.1, 0.15) is 0 Å². The van der Waals surface area contributed by atoms with E-state index in [1.165, 1.54) is 76.4 Å². The lowest BCUT2D eigenvalue weighted by Gasteiger charge is -2.26. The molecule has 2 heteroatoms. The first-order chi connectivity index (χ1) is 27.8. The quantitative estimate of drug-likeness (QED) is 0.167. The van der Waals surface area contributed by atoms with Gasteiger partial charge in [-0.2, -0.15) is 0 Å². The lowest BCUT2D eigenvalue weighted by Crippen LogP contribution is -2.10. The van der Waals surface area contributed by atoms with E-state index in [1.807, 2.05) is 0 Å². The van der Waals surface area contributed by atoms with Crippen LogP contribution in [0.25, 0.3) is 82.1 Å². The Balaban J connectivity index is 1.07. The molecule has 0 saturated carbocycles. The standard InChI is InChI=1S/C54H36N2/c1-2-11-37(12-3-1)40-23-27-45(28-24-40)55(48-29-25-39-14-5-7-16-43(39)36-48)46-30-32-47(33-31-46)56-51-20-9-8-18-50(51)54-52(56)34-26-41-17-10-19-49(53(41)54)44-22-21-38-13-4-6-15-42(38)35-44/h1-36H. The van der Waals surface area contributed by atoms with Crippen LogP contribution < -0.4 is 4.90 Å². The fourth-order valence-corrected chi connectivity index (χ4v) is 8.66. The molecule has 0 aliphatic rings. The number of rotatable bonds is 6. The van der Waals surface area contributed by atoms with Gasteiger partial charge in [-0.15, -0.1) is 0 Å². The van der Waals surface area contributed by atoms with Crippen LogP contribution >= 0.6 is 0 Å². The monoisotopic (exact) mass is 712 g/mol. The third-order valence-electron chi connectivity index (χ3n) is 11.3. The summed E-state index contributed by atoms with van der Waals surface area (Å²) in [5.41, 5.74) is 11.7. The SMILES string of the molecule is c1ccc(-c2ccc(N(c3ccc(-n4c5ccccc5c5c6c(-c7ccc8ccccc8c7)cccc6ccc54)cc3)c3ccc4ccccc4c3)cc2)cc1. The smallest absolute Gasteiger partial charge is 0.0547 e. The van der Waals surface area contributed by atoms with Gasteiger partial charge in [0.05, 0.1) is 11.0 Å². The molecule has 0 spiro atoms. The molecule has 0 bridgehead atoms. The molecular formula is C54H36N2. The van der Waals surface area contributed by atoms with Crippen LogP contribution in [0.4, 0.5) is 17.1 Å². The summed E-state index contributed by atoms with van der Waals surface area (Å²) in [6.07, 6.45) is 0. The van der Waals surface area contributed by atoms with Crippen molar-refractivity contribution in [1.82, 2.24) is 4.57 Å². The highest BCUT2D eigenvalue weighted by Crippen LogP contribution is 2.43. The molecule has 0 radical (unpaired) electrons. The zero-order chi connectivity index (χ0) is 37.0. The molecular weight excluding hydrogens is 677 g/mol. The van der Waals surface area contributed by atoms with Crippen molar-refractivity contribution in [3.63, 3.8) is 0 Å². The van der Waals surface area contributed by atoms with E-state index in [2.05, 4.69) is 228 Å². The normalized spacial score (nSPS) is 11.6. The van der Waals surface area contributed by atoms with Gasteiger partial charge in [-0.05, 0) is 121 Å². The van der Waals surface area contributed by atoms with Gasteiger partial charge in [0.2, 0.25) is 0 Å². The first-order valence-electron chi connectivity index (χ1n) is 19.3. The molecule has 0 saturated heterocycles. The van der Waals surface area contributed by atoms with Crippen molar-refractivity contribution in [3.05, 3.63) is 218 Å². The lowest BCUT2D eigenvalue weighted by molar-refractivity contribution is 1.17. The number of para-hydroxylation sites is 1. The second-order valence-corrected chi connectivity index (χ2v) is 14.6. The Bertz CT molecular complexity index is 3230. The van der Waals surface area contributed by atoms with Crippen LogP contribution in [0.3, 0.4) is 0 Å². The topological polar surface area (TPSA) is 8.17 Å². The van der Waals surface area contributed by atoms with Crippen LogP contribution in [0.2, 0.25) is 0 Å². The number of aromatic nitrogens is 1. The van der Waals surface area contributed by atoms with Crippen molar-refractivity contribution in [3.8, 4) is 27.9 Å². The molecule has 1 aromatic heterocycles. The van der Waals surface area contributed by atoms with E-state index in [1.54, 1.807) is 0 Å². The van der Waals surface area contributed by atoms with E-state index in [0.717, 1.165) is 22.7 Å². The summed E-state index contributed by atoms with van der Waals surface area (Å²) in [6.45, 7) is 0. The second-order valence-electron chi connectivity index (χ2n) is 14.6. The maximum absolute atomic E-state index is 2.43.